The largest absolute Gasteiger partial charge is 0.373 e. The fraction of sp³-hybridized carbons (Fsp3) is 0.316. The zero-order valence-electron chi connectivity index (χ0n) is 14.8. The molecule has 0 spiro atoms. The van der Waals surface area contributed by atoms with Crippen molar-refractivity contribution in [1.29, 1.82) is 0 Å². The van der Waals surface area contributed by atoms with Crippen LogP contribution in [0.3, 0.4) is 0 Å². The second-order valence-corrected chi connectivity index (χ2v) is 6.55. The molecule has 0 saturated heterocycles. The van der Waals surface area contributed by atoms with Crippen LogP contribution in [0, 0.1) is 13.8 Å². The van der Waals surface area contributed by atoms with Crippen LogP contribution < -0.4 is 9.80 Å². The molecule has 0 atom stereocenters. The molecule has 1 aliphatic rings. The molecule has 0 unspecified atom stereocenters. The van der Waals surface area contributed by atoms with E-state index in [1.807, 2.05) is 30.8 Å². The molecule has 2 aromatic heterocycles. The average Bonchev–Trinajstić information content (AvgIpc) is 2.87. The Kier molecular flexibility index (Phi) is 3.87. The first-order valence-electron chi connectivity index (χ1n) is 8.51. The predicted molar refractivity (Wildman–Crippen MR) is 99.4 cm³/mol. The summed E-state index contributed by atoms with van der Waals surface area (Å²) in [7, 11) is 2.14. The topological polar surface area (TPSA) is 50.1 Å². The van der Waals surface area contributed by atoms with Gasteiger partial charge in [-0.05, 0) is 31.5 Å². The molecule has 3 heterocycles. The Hall–Kier alpha value is -2.89. The Labute approximate surface area is 147 Å². The lowest BCUT2D eigenvalue weighted by atomic mass is 10.1. The number of para-hydroxylation sites is 1. The highest BCUT2D eigenvalue weighted by molar-refractivity contribution is 5.56. The van der Waals surface area contributed by atoms with Crippen LogP contribution in [0.25, 0.3) is 5.82 Å². The van der Waals surface area contributed by atoms with Crippen molar-refractivity contribution in [3.63, 3.8) is 0 Å². The van der Waals surface area contributed by atoms with E-state index in [1.165, 1.54) is 11.3 Å². The summed E-state index contributed by atoms with van der Waals surface area (Å²) in [4.78, 5) is 13.8. The Morgan fingerprint density at radius 2 is 1.80 bits per heavy atom. The second kappa shape index (κ2) is 6.20. The van der Waals surface area contributed by atoms with E-state index in [0.717, 1.165) is 42.7 Å². The zero-order valence-corrected chi connectivity index (χ0v) is 14.8. The minimum atomic E-state index is 0.758. The van der Waals surface area contributed by atoms with Gasteiger partial charge < -0.3 is 9.80 Å². The van der Waals surface area contributed by atoms with Gasteiger partial charge in [-0.2, -0.15) is 5.10 Å². The van der Waals surface area contributed by atoms with Gasteiger partial charge in [-0.25, -0.2) is 9.67 Å². The molecule has 1 aliphatic heterocycles. The van der Waals surface area contributed by atoms with E-state index in [0.29, 0.717) is 0 Å². The average molecular weight is 334 g/mol. The number of aromatic nitrogens is 4. The van der Waals surface area contributed by atoms with Gasteiger partial charge in [0.05, 0.1) is 18.1 Å². The summed E-state index contributed by atoms with van der Waals surface area (Å²) in [5.41, 5.74) is 4.63. The molecular weight excluding hydrogens is 312 g/mol. The van der Waals surface area contributed by atoms with Crippen molar-refractivity contribution >= 4 is 11.5 Å². The van der Waals surface area contributed by atoms with Gasteiger partial charge in [-0.3, -0.25) is 4.98 Å². The van der Waals surface area contributed by atoms with Gasteiger partial charge in [0.25, 0.3) is 0 Å². The van der Waals surface area contributed by atoms with Gasteiger partial charge in [0.2, 0.25) is 0 Å². The fourth-order valence-electron chi connectivity index (χ4n) is 3.35. The molecule has 6 nitrogen and oxygen atoms in total. The third-order valence-electron chi connectivity index (χ3n) is 4.63. The zero-order chi connectivity index (χ0) is 17.4. The smallest absolute Gasteiger partial charge is 0.174 e. The lowest BCUT2D eigenvalue weighted by Crippen LogP contribution is -2.30. The van der Waals surface area contributed by atoms with E-state index in [2.05, 4.69) is 51.2 Å². The maximum atomic E-state index is 4.83. The van der Waals surface area contributed by atoms with Crippen LogP contribution in [0.5, 0.6) is 0 Å². The first kappa shape index (κ1) is 15.6. The summed E-state index contributed by atoms with van der Waals surface area (Å²) >= 11 is 0. The number of nitrogens with zero attached hydrogens (tertiary/aromatic N) is 6. The Bertz CT molecular complexity index is 900. The summed E-state index contributed by atoms with van der Waals surface area (Å²) in [6, 6.07) is 10.6. The molecule has 0 saturated carbocycles. The van der Waals surface area contributed by atoms with Crippen molar-refractivity contribution in [2.75, 3.05) is 29.9 Å². The number of benzene rings is 1. The van der Waals surface area contributed by atoms with E-state index in [1.54, 1.807) is 6.20 Å². The van der Waals surface area contributed by atoms with Crippen LogP contribution >= 0.6 is 0 Å². The van der Waals surface area contributed by atoms with E-state index < -0.39 is 0 Å². The highest BCUT2D eigenvalue weighted by Gasteiger charge is 2.19. The molecule has 0 amide bonds. The Morgan fingerprint density at radius 3 is 2.60 bits per heavy atom. The summed E-state index contributed by atoms with van der Waals surface area (Å²) in [5.74, 6) is 1.64. The molecule has 0 aliphatic carbocycles. The third-order valence-corrected chi connectivity index (χ3v) is 4.63. The van der Waals surface area contributed by atoms with E-state index in [4.69, 9.17) is 4.98 Å². The maximum absolute atomic E-state index is 4.83. The SMILES string of the molecule is Cc1cc(C)n(-c2cncc(N3CCN(C)c4ccccc4C3)n2)n1. The van der Waals surface area contributed by atoms with Crippen LogP contribution in [-0.2, 0) is 6.54 Å². The number of aryl methyl sites for hydroxylation is 2. The number of rotatable bonds is 2. The molecule has 4 rings (SSSR count). The third kappa shape index (κ3) is 2.95. The monoisotopic (exact) mass is 334 g/mol. The summed E-state index contributed by atoms with van der Waals surface area (Å²) in [6.07, 6.45) is 3.60. The van der Waals surface area contributed by atoms with Crippen molar-refractivity contribution in [2.24, 2.45) is 0 Å². The minimum Gasteiger partial charge on any atom is -0.373 e. The molecule has 6 heteroatoms. The van der Waals surface area contributed by atoms with Gasteiger partial charge in [-0.1, -0.05) is 18.2 Å². The quantitative estimate of drug-likeness (QED) is 0.721. The molecular formula is C19H22N6. The van der Waals surface area contributed by atoms with Crippen molar-refractivity contribution in [2.45, 2.75) is 20.4 Å². The summed E-state index contributed by atoms with van der Waals surface area (Å²) in [5, 5.41) is 4.52. The van der Waals surface area contributed by atoms with Crippen LogP contribution in [0.4, 0.5) is 11.5 Å². The molecule has 0 N–H and O–H groups in total. The van der Waals surface area contributed by atoms with Crippen LogP contribution in [-0.4, -0.2) is 39.9 Å². The predicted octanol–water partition coefficient (Wildman–Crippen LogP) is 2.74. The lowest BCUT2D eigenvalue weighted by Gasteiger charge is -2.22. The molecule has 0 radical (unpaired) electrons. The highest BCUT2D eigenvalue weighted by Crippen LogP contribution is 2.26. The van der Waals surface area contributed by atoms with Crippen LogP contribution in [0.15, 0.2) is 42.7 Å². The highest BCUT2D eigenvalue weighted by atomic mass is 15.3. The standard InChI is InChI=1S/C19H22N6/c1-14-10-15(2)25(22-14)19-12-20-11-18(21-19)24-9-8-23(3)17-7-5-4-6-16(17)13-24/h4-7,10-12H,8-9,13H2,1-3H3. The van der Waals surface area contributed by atoms with Crippen molar-refractivity contribution < 1.29 is 0 Å². The maximum Gasteiger partial charge on any atom is 0.174 e. The molecule has 25 heavy (non-hydrogen) atoms. The van der Waals surface area contributed by atoms with Crippen LogP contribution in [0.2, 0.25) is 0 Å². The Balaban J connectivity index is 1.69. The number of hydrogen-bond acceptors (Lipinski definition) is 5. The molecule has 0 fully saturated rings. The molecule has 1 aromatic carbocycles. The number of fused-ring (bicyclic) bond motifs is 1. The summed E-state index contributed by atoms with van der Waals surface area (Å²) < 4.78 is 1.85. The summed E-state index contributed by atoms with van der Waals surface area (Å²) in [6.45, 7) is 6.70. The lowest BCUT2D eigenvalue weighted by molar-refractivity contribution is 0.758. The first-order valence-corrected chi connectivity index (χ1v) is 8.51. The van der Waals surface area contributed by atoms with Gasteiger partial charge in [-0.15, -0.1) is 0 Å². The first-order chi connectivity index (χ1) is 12.1. The van der Waals surface area contributed by atoms with E-state index >= 15 is 0 Å². The molecule has 3 aromatic rings. The van der Waals surface area contributed by atoms with Gasteiger partial charge >= 0.3 is 0 Å². The minimum absolute atomic E-state index is 0.758. The Morgan fingerprint density at radius 1 is 1.00 bits per heavy atom. The normalized spacial score (nSPS) is 14.4. The van der Waals surface area contributed by atoms with E-state index in [-0.39, 0.29) is 0 Å². The fourth-order valence-corrected chi connectivity index (χ4v) is 3.35. The second-order valence-electron chi connectivity index (χ2n) is 6.55. The van der Waals surface area contributed by atoms with Crippen LogP contribution in [0.1, 0.15) is 17.0 Å². The number of likely N-dealkylation sites (N-methyl/N-ethyl adjacent to an activating group) is 1. The van der Waals surface area contributed by atoms with Gasteiger partial charge in [0.15, 0.2) is 5.82 Å². The van der Waals surface area contributed by atoms with Crippen molar-refractivity contribution in [3.05, 3.63) is 59.7 Å². The number of hydrogen-bond donors (Lipinski definition) is 0. The number of anilines is 2. The van der Waals surface area contributed by atoms with E-state index in [9.17, 15) is 0 Å². The molecule has 0 bridgehead atoms. The van der Waals surface area contributed by atoms with Gasteiger partial charge in [0.1, 0.15) is 5.82 Å². The van der Waals surface area contributed by atoms with Crippen molar-refractivity contribution in [3.8, 4) is 5.82 Å². The van der Waals surface area contributed by atoms with Crippen molar-refractivity contribution in [1.82, 2.24) is 19.7 Å². The van der Waals surface area contributed by atoms with Gasteiger partial charge in [0, 0.05) is 38.1 Å². The molecule has 128 valence electrons.